The standard InChI is InChI=1S/C27H18O11S2/c28-23-9-7-17(13-21(23)26(31)15-3-1-5-19(11-15)39(33,34)35)25(30)18-8-10-24(29)22(14-18)27(32)16-4-2-6-20(12-16)40(36,37)38/h1-14,28-29H,(H,33,34,35)(H,36,37,38). The molecule has 0 fully saturated rings. The summed E-state index contributed by atoms with van der Waals surface area (Å²) in [6.07, 6.45) is 0. The second-order valence-corrected chi connectivity index (χ2v) is 11.3. The molecule has 4 aromatic rings. The van der Waals surface area contributed by atoms with Gasteiger partial charge in [0.2, 0.25) is 0 Å². The third-order valence-corrected chi connectivity index (χ3v) is 7.49. The number of carbonyl (C=O) groups excluding carboxylic acids is 3. The molecule has 0 radical (unpaired) electrons. The first-order valence-electron chi connectivity index (χ1n) is 11.1. The third-order valence-electron chi connectivity index (χ3n) is 5.79. The Hall–Kier alpha value is -4.69. The molecular weight excluding hydrogens is 564 g/mol. The van der Waals surface area contributed by atoms with Crippen LogP contribution in [0.4, 0.5) is 0 Å². The van der Waals surface area contributed by atoms with Crippen LogP contribution in [0.25, 0.3) is 0 Å². The number of hydrogen-bond acceptors (Lipinski definition) is 9. The molecule has 0 bridgehead atoms. The Morgan fingerprint density at radius 2 is 0.825 bits per heavy atom. The Labute approximate surface area is 227 Å². The average Bonchev–Trinajstić information content (AvgIpc) is 2.91. The molecule has 0 saturated carbocycles. The molecule has 4 N–H and O–H groups in total. The minimum Gasteiger partial charge on any atom is -0.507 e. The third kappa shape index (κ3) is 5.82. The Kier molecular flexibility index (Phi) is 7.41. The largest absolute Gasteiger partial charge is 0.507 e. The number of aromatic hydroxyl groups is 2. The van der Waals surface area contributed by atoms with Crippen molar-refractivity contribution in [3.05, 3.63) is 118 Å². The zero-order chi connectivity index (χ0) is 29.4. The lowest BCUT2D eigenvalue weighted by atomic mass is 9.94. The van der Waals surface area contributed by atoms with Crippen molar-refractivity contribution in [2.75, 3.05) is 0 Å². The molecule has 13 heteroatoms. The number of phenolic OH excluding ortho intramolecular Hbond substituents is 2. The monoisotopic (exact) mass is 582 g/mol. The number of rotatable bonds is 8. The molecule has 0 unspecified atom stereocenters. The molecule has 0 heterocycles. The lowest BCUT2D eigenvalue weighted by molar-refractivity contribution is 0.102. The van der Waals surface area contributed by atoms with E-state index in [1.54, 1.807) is 0 Å². The molecule has 11 nitrogen and oxygen atoms in total. The van der Waals surface area contributed by atoms with E-state index in [2.05, 4.69) is 0 Å². The van der Waals surface area contributed by atoms with Gasteiger partial charge in [-0.05, 0) is 60.7 Å². The predicted octanol–water partition coefficient (Wildman–Crippen LogP) is 3.28. The topological polar surface area (TPSA) is 200 Å². The first kappa shape index (κ1) is 28.3. The van der Waals surface area contributed by atoms with E-state index >= 15 is 0 Å². The molecule has 0 aliphatic heterocycles. The van der Waals surface area contributed by atoms with Gasteiger partial charge in [-0.1, -0.05) is 24.3 Å². The van der Waals surface area contributed by atoms with Crippen molar-refractivity contribution in [1.29, 1.82) is 0 Å². The molecule has 0 aliphatic carbocycles. The summed E-state index contributed by atoms with van der Waals surface area (Å²) in [5, 5.41) is 20.5. The summed E-state index contributed by atoms with van der Waals surface area (Å²) < 4.78 is 64.2. The molecule has 204 valence electrons. The van der Waals surface area contributed by atoms with Gasteiger partial charge in [0.1, 0.15) is 11.5 Å². The van der Waals surface area contributed by atoms with E-state index in [9.17, 15) is 50.5 Å². The van der Waals surface area contributed by atoms with Crippen LogP contribution in [-0.2, 0) is 20.2 Å². The fourth-order valence-electron chi connectivity index (χ4n) is 3.79. The molecule has 4 aromatic carbocycles. The molecule has 4 rings (SSSR count). The van der Waals surface area contributed by atoms with Crippen molar-refractivity contribution < 1.29 is 50.5 Å². The van der Waals surface area contributed by atoms with Crippen molar-refractivity contribution in [2.24, 2.45) is 0 Å². The van der Waals surface area contributed by atoms with Crippen molar-refractivity contribution in [2.45, 2.75) is 9.79 Å². The fourth-order valence-corrected chi connectivity index (χ4v) is 4.84. The summed E-state index contributed by atoms with van der Waals surface area (Å²) >= 11 is 0. The molecule has 0 saturated heterocycles. The number of carbonyl (C=O) groups is 3. The van der Waals surface area contributed by atoms with Gasteiger partial charge in [-0.15, -0.1) is 0 Å². The number of ketones is 3. The van der Waals surface area contributed by atoms with E-state index in [0.29, 0.717) is 0 Å². The van der Waals surface area contributed by atoms with Crippen molar-refractivity contribution in [3.8, 4) is 11.5 Å². The highest BCUT2D eigenvalue weighted by atomic mass is 32.2. The van der Waals surface area contributed by atoms with E-state index < -0.39 is 58.9 Å². The fraction of sp³-hybridized carbons (Fsp3) is 0. The highest BCUT2D eigenvalue weighted by Crippen LogP contribution is 2.27. The summed E-state index contributed by atoms with van der Waals surface area (Å²) in [5.41, 5.74) is -1.31. The van der Waals surface area contributed by atoms with E-state index in [1.807, 2.05) is 0 Å². The van der Waals surface area contributed by atoms with Gasteiger partial charge < -0.3 is 10.2 Å². The number of hydrogen-bond donors (Lipinski definition) is 4. The smallest absolute Gasteiger partial charge is 0.294 e. The van der Waals surface area contributed by atoms with E-state index in [4.69, 9.17) is 0 Å². The highest BCUT2D eigenvalue weighted by molar-refractivity contribution is 7.86. The quantitative estimate of drug-likeness (QED) is 0.175. The van der Waals surface area contributed by atoms with Gasteiger partial charge in [0.05, 0.1) is 20.9 Å². The van der Waals surface area contributed by atoms with Crippen LogP contribution < -0.4 is 0 Å². The minimum atomic E-state index is -4.61. The van der Waals surface area contributed by atoms with Crippen molar-refractivity contribution in [1.82, 2.24) is 0 Å². The lowest BCUT2D eigenvalue weighted by Gasteiger charge is -2.10. The summed E-state index contributed by atoms with van der Waals surface area (Å²) in [7, 11) is -9.22. The maximum absolute atomic E-state index is 13.3. The van der Waals surface area contributed by atoms with E-state index in [1.165, 1.54) is 36.4 Å². The Morgan fingerprint density at radius 3 is 1.18 bits per heavy atom. The molecule has 40 heavy (non-hydrogen) atoms. The first-order chi connectivity index (χ1) is 18.7. The summed E-state index contributed by atoms with van der Waals surface area (Å²) in [6.45, 7) is 0. The summed E-state index contributed by atoms with van der Waals surface area (Å²) in [5.74, 6) is -3.45. The van der Waals surface area contributed by atoms with Crippen LogP contribution in [0.3, 0.4) is 0 Å². The van der Waals surface area contributed by atoms with Gasteiger partial charge in [-0.3, -0.25) is 23.5 Å². The zero-order valence-electron chi connectivity index (χ0n) is 20.0. The van der Waals surface area contributed by atoms with Crippen LogP contribution in [-0.4, -0.2) is 53.5 Å². The van der Waals surface area contributed by atoms with Crippen molar-refractivity contribution in [3.63, 3.8) is 0 Å². The van der Waals surface area contributed by atoms with Gasteiger partial charge in [0, 0.05) is 22.3 Å². The maximum atomic E-state index is 13.3. The van der Waals surface area contributed by atoms with Crippen LogP contribution in [0, 0.1) is 0 Å². The Morgan fingerprint density at radius 1 is 0.475 bits per heavy atom. The normalized spacial score (nSPS) is 11.7. The van der Waals surface area contributed by atoms with Gasteiger partial charge in [0.15, 0.2) is 17.3 Å². The maximum Gasteiger partial charge on any atom is 0.294 e. The summed E-state index contributed by atoms with van der Waals surface area (Å²) in [4.78, 5) is 38.2. The van der Waals surface area contributed by atoms with Gasteiger partial charge in [-0.2, -0.15) is 16.8 Å². The average molecular weight is 583 g/mol. The van der Waals surface area contributed by atoms with Crippen LogP contribution >= 0.6 is 0 Å². The minimum absolute atomic E-state index is 0.107. The summed E-state index contributed by atoms with van der Waals surface area (Å²) in [6, 6.07) is 15.5. The zero-order valence-corrected chi connectivity index (χ0v) is 21.7. The molecule has 0 amide bonds. The van der Waals surface area contributed by atoms with E-state index in [-0.39, 0.29) is 33.4 Å². The lowest BCUT2D eigenvalue weighted by Crippen LogP contribution is -2.09. The Balaban J connectivity index is 1.70. The van der Waals surface area contributed by atoms with Crippen LogP contribution in [0.5, 0.6) is 11.5 Å². The van der Waals surface area contributed by atoms with Crippen LogP contribution in [0.2, 0.25) is 0 Å². The van der Waals surface area contributed by atoms with Crippen LogP contribution in [0.1, 0.15) is 47.8 Å². The number of phenols is 2. The van der Waals surface area contributed by atoms with Gasteiger partial charge in [0.25, 0.3) is 20.2 Å². The second kappa shape index (κ2) is 10.5. The molecule has 0 spiro atoms. The SMILES string of the molecule is O=C(c1ccc(O)c(C(=O)c2cccc(S(=O)(=O)O)c2)c1)c1ccc(O)c(C(=O)c2cccc(S(=O)(=O)O)c2)c1. The number of benzene rings is 4. The van der Waals surface area contributed by atoms with Gasteiger partial charge in [-0.25, -0.2) is 0 Å². The predicted molar refractivity (Wildman–Crippen MR) is 139 cm³/mol. The van der Waals surface area contributed by atoms with Crippen molar-refractivity contribution >= 4 is 37.6 Å². The van der Waals surface area contributed by atoms with E-state index in [0.717, 1.165) is 48.5 Å². The van der Waals surface area contributed by atoms with Crippen LogP contribution in [0.15, 0.2) is 94.7 Å². The molecule has 0 aromatic heterocycles. The highest BCUT2D eigenvalue weighted by Gasteiger charge is 2.22. The molecular formula is C27H18O11S2. The second-order valence-electron chi connectivity index (χ2n) is 8.46. The Bertz CT molecular complexity index is 1790. The first-order valence-corrected chi connectivity index (χ1v) is 14.0. The molecule has 0 atom stereocenters. The molecule has 0 aliphatic rings. The van der Waals surface area contributed by atoms with Gasteiger partial charge >= 0.3 is 0 Å².